The average Bonchev–Trinajstić information content (AvgIpc) is 2.50. The maximum absolute atomic E-state index is 12.1. The van der Waals surface area contributed by atoms with E-state index in [1.165, 1.54) is 0 Å². The zero-order valence-electron chi connectivity index (χ0n) is 11.7. The molecule has 110 valence electrons. The normalized spacial score (nSPS) is 15.9. The number of carbonyl (C=O) groups is 1. The molecule has 0 atom stereocenters. The van der Waals surface area contributed by atoms with Crippen molar-refractivity contribution in [3.05, 3.63) is 23.8 Å². The first-order valence-corrected chi connectivity index (χ1v) is 6.99. The second kappa shape index (κ2) is 7.26. The smallest absolute Gasteiger partial charge is 0.227 e. The van der Waals surface area contributed by atoms with Gasteiger partial charge in [-0.25, -0.2) is 0 Å². The van der Waals surface area contributed by atoms with E-state index in [2.05, 4.69) is 5.32 Å². The molecule has 1 aromatic rings. The Bertz CT molecular complexity index is 455. The molecule has 0 unspecified atom stereocenters. The maximum Gasteiger partial charge on any atom is 0.227 e. The van der Waals surface area contributed by atoms with Crippen LogP contribution in [0.2, 0.25) is 0 Å². The van der Waals surface area contributed by atoms with Crippen LogP contribution in [0.5, 0.6) is 5.75 Å². The quantitative estimate of drug-likeness (QED) is 0.864. The summed E-state index contributed by atoms with van der Waals surface area (Å²) in [4.78, 5) is 12.1. The molecule has 1 aliphatic rings. The Balaban J connectivity index is 2.03. The molecular weight excluding hydrogens is 258 g/mol. The van der Waals surface area contributed by atoms with Crippen LogP contribution in [0.3, 0.4) is 0 Å². The molecule has 1 amide bonds. The van der Waals surface area contributed by atoms with Gasteiger partial charge in [0.1, 0.15) is 5.75 Å². The Morgan fingerprint density at radius 1 is 1.45 bits per heavy atom. The van der Waals surface area contributed by atoms with E-state index in [4.69, 9.17) is 9.47 Å². The predicted molar refractivity (Wildman–Crippen MR) is 75.7 cm³/mol. The van der Waals surface area contributed by atoms with Gasteiger partial charge in [-0.1, -0.05) is 0 Å². The molecule has 0 spiro atoms. The molecule has 5 nitrogen and oxygen atoms in total. The number of aliphatic hydroxyl groups is 1. The summed E-state index contributed by atoms with van der Waals surface area (Å²) >= 11 is 0. The minimum Gasteiger partial charge on any atom is -0.494 e. The fourth-order valence-electron chi connectivity index (χ4n) is 2.28. The number of carbonyl (C=O) groups excluding carboxylic acids is 1. The van der Waals surface area contributed by atoms with Crippen LogP contribution in [-0.2, 0) is 16.1 Å². The van der Waals surface area contributed by atoms with Gasteiger partial charge in [-0.3, -0.25) is 4.79 Å². The first-order valence-electron chi connectivity index (χ1n) is 6.99. The summed E-state index contributed by atoms with van der Waals surface area (Å²) in [5, 5.41) is 12.2. The van der Waals surface area contributed by atoms with Crippen LogP contribution in [0.25, 0.3) is 0 Å². The van der Waals surface area contributed by atoms with Gasteiger partial charge in [0, 0.05) is 30.4 Å². The van der Waals surface area contributed by atoms with Crippen LogP contribution < -0.4 is 10.1 Å². The minimum absolute atomic E-state index is 0.00731. The first kappa shape index (κ1) is 14.8. The van der Waals surface area contributed by atoms with E-state index in [0.29, 0.717) is 36.8 Å². The first-order chi connectivity index (χ1) is 9.74. The third-order valence-electron chi connectivity index (χ3n) is 3.39. The molecule has 0 aromatic heterocycles. The second-order valence-electron chi connectivity index (χ2n) is 4.79. The van der Waals surface area contributed by atoms with Crippen molar-refractivity contribution in [3.8, 4) is 5.75 Å². The van der Waals surface area contributed by atoms with E-state index in [-0.39, 0.29) is 18.4 Å². The van der Waals surface area contributed by atoms with Gasteiger partial charge in [0.15, 0.2) is 0 Å². The summed E-state index contributed by atoms with van der Waals surface area (Å²) in [7, 11) is 0. The van der Waals surface area contributed by atoms with Crippen molar-refractivity contribution in [2.75, 3.05) is 25.1 Å². The van der Waals surface area contributed by atoms with Gasteiger partial charge in [0.05, 0.1) is 13.2 Å². The highest BCUT2D eigenvalue weighted by molar-refractivity contribution is 5.92. The zero-order chi connectivity index (χ0) is 14.4. The van der Waals surface area contributed by atoms with Crippen LogP contribution in [-0.4, -0.2) is 30.8 Å². The van der Waals surface area contributed by atoms with Crippen LogP contribution in [0.15, 0.2) is 18.2 Å². The Morgan fingerprint density at radius 2 is 2.20 bits per heavy atom. The van der Waals surface area contributed by atoms with E-state index in [0.717, 1.165) is 12.8 Å². The summed E-state index contributed by atoms with van der Waals surface area (Å²) < 4.78 is 10.7. The standard InChI is InChI=1S/C15H21NO4/c1-2-20-14-4-3-13(9-12(14)10-17)16-15(18)11-5-7-19-8-6-11/h3-4,9,11,17H,2,5-8,10H2,1H3,(H,16,18). The van der Waals surface area contributed by atoms with Gasteiger partial charge < -0.3 is 19.9 Å². The molecule has 1 aromatic carbocycles. The molecule has 2 N–H and O–H groups in total. The van der Waals surface area contributed by atoms with Gasteiger partial charge in [-0.2, -0.15) is 0 Å². The SMILES string of the molecule is CCOc1ccc(NC(=O)C2CCOCC2)cc1CO. The van der Waals surface area contributed by atoms with Gasteiger partial charge in [-0.15, -0.1) is 0 Å². The van der Waals surface area contributed by atoms with Crippen LogP contribution in [0.1, 0.15) is 25.3 Å². The highest BCUT2D eigenvalue weighted by atomic mass is 16.5. The van der Waals surface area contributed by atoms with Gasteiger partial charge in [0.25, 0.3) is 0 Å². The van der Waals surface area contributed by atoms with Crippen molar-refractivity contribution in [2.24, 2.45) is 5.92 Å². The van der Waals surface area contributed by atoms with Gasteiger partial charge in [-0.05, 0) is 38.0 Å². The number of benzene rings is 1. The summed E-state index contributed by atoms with van der Waals surface area (Å²) in [6.07, 6.45) is 1.52. The number of hydrogen-bond acceptors (Lipinski definition) is 4. The van der Waals surface area contributed by atoms with Crippen LogP contribution in [0.4, 0.5) is 5.69 Å². The molecule has 20 heavy (non-hydrogen) atoms. The van der Waals surface area contributed by atoms with Crippen molar-refractivity contribution >= 4 is 11.6 Å². The van der Waals surface area contributed by atoms with E-state index < -0.39 is 0 Å². The van der Waals surface area contributed by atoms with E-state index in [9.17, 15) is 9.90 Å². The lowest BCUT2D eigenvalue weighted by Crippen LogP contribution is -2.28. The largest absolute Gasteiger partial charge is 0.494 e. The van der Waals surface area contributed by atoms with Crippen molar-refractivity contribution in [2.45, 2.75) is 26.4 Å². The van der Waals surface area contributed by atoms with Crippen molar-refractivity contribution in [1.29, 1.82) is 0 Å². The van der Waals surface area contributed by atoms with Gasteiger partial charge >= 0.3 is 0 Å². The van der Waals surface area contributed by atoms with E-state index in [1.54, 1.807) is 18.2 Å². The summed E-state index contributed by atoms with van der Waals surface area (Å²) in [5.74, 6) is 0.674. The maximum atomic E-state index is 12.1. The number of ether oxygens (including phenoxy) is 2. The zero-order valence-corrected chi connectivity index (χ0v) is 11.7. The minimum atomic E-state index is -0.115. The lowest BCUT2D eigenvalue weighted by Gasteiger charge is -2.21. The number of aliphatic hydroxyl groups excluding tert-OH is 1. The molecule has 0 saturated carbocycles. The monoisotopic (exact) mass is 279 g/mol. The third kappa shape index (κ3) is 3.71. The summed E-state index contributed by atoms with van der Waals surface area (Å²) in [6, 6.07) is 5.32. The molecule has 0 aliphatic carbocycles. The van der Waals surface area contributed by atoms with Crippen LogP contribution in [0, 0.1) is 5.92 Å². The second-order valence-corrected chi connectivity index (χ2v) is 4.79. The Kier molecular flexibility index (Phi) is 5.38. The summed E-state index contributed by atoms with van der Waals surface area (Å²) in [5.41, 5.74) is 1.37. The molecule has 1 aliphatic heterocycles. The van der Waals surface area contributed by atoms with E-state index >= 15 is 0 Å². The van der Waals surface area contributed by atoms with Crippen LogP contribution >= 0.6 is 0 Å². The summed E-state index contributed by atoms with van der Waals surface area (Å²) in [6.45, 7) is 3.60. The topological polar surface area (TPSA) is 67.8 Å². The lowest BCUT2D eigenvalue weighted by molar-refractivity contribution is -0.122. The number of hydrogen-bond donors (Lipinski definition) is 2. The average molecular weight is 279 g/mol. The van der Waals surface area contributed by atoms with Gasteiger partial charge in [0.2, 0.25) is 5.91 Å². The molecule has 0 radical (unpaired) electrons. The van der Waals surface area contributed by atoms with Crippen molar-refractivity contribution in [3.63, 3.8) is 0 Å². The Morgan fingerprint density at radius 3 is 2.85 bits per heavy atom. The highest BCUT2D eigenvalue weighted by Crippen LogP contribution is 2.24. The number of nitrogens with one attached hydrogen (secondary N) is 1. The lowest BCUT2D eigenvalue weighted by atomic mass is 9.99. The number of rotatable bonds is 5. The van der Waals surface area contributed by atoms with E-state index in [1.807, 2.05) is 6.92 Å². The molecule has 2 rings (SSSR count). The molecule has 0 bridgehead atoms. The molecular formula is C15H21NO4. The molecule has 1 heterocycles. The van der Waals surface area contributed by atoms with Crippen molar-refractivity contribution < 1.29 is 19.4 Å². The molecule has 5 heteroatoms. The highest BCUT2D eigenvalue weighted by Gasteiger charge is 2.21. The Labute approximate surface area is 118 Å². The third-order valence-corrected chi connectivity index (χ3v) is 3.39. The fraction of sp³-hybridized carbons (Fsp3) is 0.533. The molecule has 1 fully saturated rings. The number of amides is 1. The molecule has 1 saturated heterocycles. The fourth-order valence-corrected chi connectivity index (χ4v) is 2.28. The predicted octanol–water partition coefficient (Wildman–Crippen LogP) is 1.94. The van der Waals surface area contributed by atoms with Crippen molar-refractivity contribution in [1.82, 2.24) is 0 Å². The number of anilines is 1. The Hall–Kier alpha value is -1.59.